The van der Waals surface area contributed by atoms with Crippen molar-refractivity contribution in [3.8, 4) is 22.8 Å². The number of hydrogen-bond acceptors (Lipinski definition) is 5. The minimum atomic E-state index is 0.556. The molecule has 2 aromatic rings. The van der Waals surface area contributed by atoms with Crippen LogP contribution in [-0.4, -0.2) is 18.4 Å². The van der Waals surface area contributed by atoms with Crippen LogP contribution < -0.4 is 15.2 Å². The van der Waals surface area contributed by atoms with Crippen LogP contribution in [0.4, 0.5) is 5.69 Å². The molecule has 0 radical (unpaired) electrons. The van der Waals surface area contributed by atoms with E-state index in [0.717, 1.165) is 22.6 Å². The molecule has 0 unspecified atom stereocenters. The van der Waals surface area contributed by atoms with Crippen LogP contribution in [0, 0.1) is 13.8 Å². The first-order chi connectivity index (χ1) is 8.66. The normalized spacial score (nSPS) is 13.7. The zero-order valence-corrected chi connectivity index (χ0v) is 10.3. The van der Waals surface area contributed by atoms with Gasteiger partial charge in [0.25, 0.3) is 0 Å². The zero-order valence-electron chi connectivity index (χ0n) is 10.3. The van der Waals surface area contributed by atoms with E-state index in [-0.39, 0.29) is 0 Å². The number of nitrogens with zero attached hydrogens (tertiary/aromatic N) is 1. The van der Waals surface area contributed by atoms with Gasteiger partial charge in [-0.2, -0.15) is 0 Å². The van der Waals surface area contributed by atoms with Crippen LogP contribution in [0.1, 0.15) is 11.3 Å². The number of hydrogen-bond donors (Lipinski definition) is 1. The molecule has 0 spiro atoms. The van der Waals surface area contributed by atoms with Crippen molar-refractivity contribution in [3.05, 3.63) is 23.4 Å². The van der Waals surface area contributed by atoms with E-state index < -0.39 is 0 Å². The minimum absolute atomic E-state index is 0.556. The molecule has 18 heavy (non-hydrogen) atoms. The molecule has 2 heterocycles. The third-order valence-electron chi connectivity index (χ3n) is 3.04. The highest BCUT2D eigenvalue weighted by Crippen LogP contribution is 2.39. The van der Waals surface area contributed by atoms with Gasteiger partial charge in [-0.05, 0) is 31.5 Å². The summed E-state index contributed by atoms with van der Waals surface area (Å²) in [6, 6.07) is 3.82. The van der Waals surface area contributed by atoms with Gasteiger partial charge in [-0.3, -0.25) is 0 Å². The number of ether oxygens (including phenoxy) is 2. The van der Waals surface area contributed by atoms with E-state index in [9.17, 15) is 0 Å². The lowest BCUT2D eigenvalue weighted by Crippen LogP contribution is -2.15. The molecule has 0 saturated carbocycles. The summed E-state index contributed by atoms with van der Waals surface area (Å²) >= 11 is 0. The second-order valence-electron chi connectivity index (χ2n) is 4.32. The summed E-state index contributed by atoms with van der Waals surface area (Å²) in [5.41, 5.74) is 9.11. The van der Waals surface area contributed by atoms with Crippen LogP contribution in [0.3, 0.4) is 0 Å². The van der Waals surface area contributed by atoms with E-state index >= 15 is 0 Å². The number of anilines is 1. The fourth-order valence-corrected chi connectivity index (χ4v) is 2.01. The Morgan fingerprint density at radius 3 is 2.39 bits per heavy atom. The van der Waals surface area contributed by atoms with Gasteiger partial charge in [0.2, 0.25) is 0 Å². The minimum Gasteiger partial charge on any atom is -0.486 e. The van der Waals surface area contributed by atoms with E-state index in [4.69, 9.17) is 19.7 Å². The van der Waals surface area contributed by atoms with Crippen molar-refractivity contribution in [2.45, 2.75) is 13.8 Å². The number of nitrogen functional groups attached to an aromatic ring is 1. The maximum Gasteiger partial charge on any atom is 0.190 e. The van der Waals surface area contributed by atoms with Crippen molar-refractivity contribution in [2.24, 2.45) is 0 Å². The van der Waals surface area contributed by atoms with Crippen molar-refractivity contribution >= 4 is 5.69 Å². The third-order valence-corrected chi connectivity index (χ3v) is 3.04. The van der Waals surface area contributed by atoms with E-state index in [1.54, 1.807) is 0 Å². The Hall–Kier alpha value is -2.17. The first kappa shape index (κ1) is 11.0. The van der Waals surface area contributed by atoms with Crippen molar-refractivity contribution in [2.75, 3.05) is 18.9 Å². The van der Waals surface area contributed by atoms with Crippen LogP contribution >= 0.6 is 0 Å². The van der Waals surface area contributed by atoms with Crippen molar-refractivity contribution in [3.63, 3.8) is 0 Å². The zero-order chi connectivity index (χ0) is 12.7. The fraction of sp³-hybridized carbons (Fsp3) is 0.308. The van der Waals surface area contributed by atoms with E-state index in [0.29, 0.717) is 30.4 Å². The summed E-state index contributed by atoms with van der Waals surface area (Å²) < 4.78 is 16.4. The average molecular weight is 246 g/mol. The number of fused-ring (bicyclic) bond motifs is 1. The van der Waals surface area contributed by atoms with Gasteiger partial charge in [-0.1, -0.05) is 5.16 Å². The molecule has 0 bridgehead atoms. The van der Waals surface area contributed by atoms with Crippen molar-refractivity contribution in [1.29, 1.82) is 0 Å². The maximum absolute atomic E-state index is 5.95. The molecule has 1 aromatic carbocycles. The summed E-state index contributed by atoms with van der Waals surface area (Å²) in [4.78, 5) is 0. The average Bonchev–Trinajstić information content (AvgIpc) is 2.69. The second kappa shape index (κ2) is 3.94. The standard InChI is InChI=1S/C13H14N2O3/c1-7-5-10-11(17-4-3-16-10)6-9(7)13-12(14)8(2)15-18-13/h5-6H,3-4,14H2,1-2H3. The third kappa shape index (κ3) is 1.59. The van der Waals surface area contributed by atoms with Gasteiger partial charge in [0.1, 0.15) is 24.6 Å². The van der Waals surface area contributed by atoms with Gasteiger partial charge >= 0.3 is 0 Å². The van der Waals surface area contributed by atoms with Gasteiger partial charge in [0, 0.05) is 5.56 Å². The Morgan fingerprint density at radius 2 is 1.78 bits per heavy atom. The summed E-state index contributed by atoms with van der Waals surface area (Å²) in [5, 5.41) is 3.87. The van der Waals surface area contributed by atoms with E-state index in [1.807, 2.05) is 26.0 Å². The molecular formula is C13H14N2O3. The van der Waals surface area contributed by atoms with E-state index in [1.165, 1.54) is 0 Å². The Morgan fingerprint density at radius 1 is 1.11 bits per heavy atom. The summed E-state index contributed by atoms with van der Waals surface area (Å²) in [6.45, 7) is 4.93. The van der Waals surface area contributed by atoms with Crippen LogP contribution in [0.25, 0.3) is 11.3 Å². The lowest BCUT2D eigenvalue weighted by Gasteiger charge is -2.19. The molecule has 2 N–H and O–H groups in total. The Kier molecular flexibility index (Phi) is 2.40. The lowest BCUT2D eigenvalue weighted by molar-refractivity contribution is 0.171. The molecule has 0 aliphatic carbocycles. The molecule has 1 aliphatic rings. The van der Waals surface area contributed by atoms with Crippen LogP contribution in [0.5, 0.6) is 11.5 Å². The maximum atomic E-state index is 5.95. The molecule has 5 heteroatoms. The van der Waals surface area contributed by atoms with Crippen LogP contribution in [-0.2, 0) is 0 Å². The monoisotopic (exact) mass is 246 g/mol. The first-order valence-corrected chi connectivity index (χ1v) is 5.79. The molecule has 0 fully saturated rings. The molecule has 0 atom stereocenters. The molecule has 5 nitrogen and oxygen atoms in total. The van der Waals surface area contributed by atoms with Crippen molar-refractivity contribution < 1.29 is 14.0 Å². The molecule has 0 amide bonds. The highest BCUT2D eigenvalue weighted by atomic mass is 16.6. The van der Waals surface area contributed by atoms with Crippen molar-refractivity contribution in [1.82, 2.24) is 5.16 Å². The fourth-order valence-electron chi connectivity index (χ4n) is 2.01. The smallest absolute Gasteiger partial charge is 0.190 e. The van der Waals surface area contributed by atoms with Gasteiger partial charge in [-0.25, -0.2) is 0 Å². The predicted octanol–water partition coefficient (Wildman–Crippen LogP) is 2.31. The Bertz CT molecular complexity index is 605. The molecular weight excluding hydrogens is 232 g/mol. The first-order valence-electron chi connectivity index (χ1n) is 5.79. The molecule has 1 aromatic heterocycles. The molecule has 1 aliphatic heterocycles. The highest BCUT2D eigenvalue weighted by molar-refractivity contribution is 5.76. The highest BCUT2D eigenvalue weighted by Gasteiger charge is 2.19. The van der Waals surface area contributed by atoms with Crippen LogP contribution in [0.15, 0.2) is 16.7 Å². The summed E-state index contributed by atoms with van der Waals surface area (Å²) in [5.74, 6) is 2.06. The quantitative estimate of drug-likeness (QED) is 0.836. The van der Waals surface area contributed by atoms with Gasteiger partial charge in [0.05, 0.1) is 0 Å². The number of rotatable bonds is 1. The van der Waals surface area contributed by atoms with Crippen LogP contribution in [0.2, 0.25) is 0 Å². The van der Waals surface area contributed by atoms with Gasteiger partial charge in [0.15, 0.2) is 17.3 Å². The lowest BCUT2D eigenvalue weighted by atomic mass is 10.0. The Labute approximate surface area is 104 Å². The second-order valence-corrected chi connectivity index (χ2v) is 4.32. The number of benzene rings is 1. The number of nitrogens with two attached hydrogens (primary N) is 1. The molecule has 3 rings (SSSR count). The summed E-state index contributed by atoms with van der Waals surface area (Å²) in [7, 11) is 0. The topological polar surface area (TPSA) is 70.5 Å². The largest absolute Gasteiger partial charge is 0.486 e. The number of aryl methyl sites for hydroxylation is 2. The summed E-state index contributed by atoms with van der Waals surface area (Å²) in [6.07, 6.45) is 0. The predicted molar refractivity (Wildman–Crippen MR) is 66.8 cm³/mol. The van der Waals surface area contributed by atoms with E-state index in [2.05, 4.69) is 5.16 Å². The molecule has 0 saturated heterocycles. The SMILES string of the molecule is Cc1cc2c(cc1-c1onc(C)c1N)OCCO2. The van der Waals surface area contributed by atoms with Gasteiger partial charge in [-0.15, -0.1) is 0 Å². The Balaban J connectivity index is 2.15. The molecule has 94 valence electrons. The van der Waals surface area contributed by atoms with Gasteiger partial charge < -0.3 is 19.7 Å². The number of aromatic nitrogens is 1.